The fraction of sp³-hybridized carbons (Fsp3) is 0.429. The third-order valence-electron chi connectivity index (χ3n) is 1.77. The van der Waals surface area contributed by atoms with Crippen LogP contribution in [0.4, 0.5) is 4.39 Å². The fourth-order valence-corrected chi connectivity index (χ4v) is 1.87. The van der Waals surface area contributed by atoms with Gasteiger partial charge in [0.15, 0.2) is 5.67 Å². The van der Waals surface area contributed by atoms with Crippen LogP contribution in [0.15, 0.2) is 17.5 Å². The van der Waals surface area contributed by atoms with Crippen molar-refractivity contribution in [2.24, 2.45) is 0 Å². The van der Waals surface area contributed by atoms with E-state index in [4.69, 9.17) is 0 Å². The minimum Gasteiger partial charge on any atom is -0.309 e. The molecule has 0 radical (unpaired) electrons. The van der Waals surface area contributed by atoms with Gasteiger partial charge in [-0.2, -0.15) is 0 Å². The summed E-state index contributed by atoms with van der Waals surface area (Å²) in [4.78, 5) is 0.853. The van der Waals surface area contributed by atoms with E-state index >= 15 is 0 Å². The molecule has 1 aromatic heterocycles. The first-order valence-corrected chi connectivity index (χ1v) is 4.13. The molecule has 1 N–H and O–H groups in total. The van der Waals surface area contributed by atoms with Crippen LogP contribution < -0.4 is 5.32 Å². The SMILES string of the molecule is FC1(c2cccs2)CNC1. The number of halogens is 1. The van der Waals surface area contributed by atoms with Crippen LogP contribution in [0.2, 0.25) is 0 Å². The topological polar surface area (TPSA) is 12.0 Å². The zero-order valence-corrected chi connectivity index (χ0v) is 6.25. The normalized spacial score (nSPS) is 22.1. The molecule has 1 aromatic rings. The zero-order chi connectivity index (χ0) is 7.03. The van der Waals surface area contributed by atoms with Gasteiger partial charge in [-0.1, -0.05) is 6.07 Å². The van der Waals surface area contributed by atoms with Crippen LogP contribution >= 0.6 is 11.3 Å². The second-order valence-electron chi connectivity index (χ2n) is 2.55. The standard InChI is InChI=1S/C7H8FNS/c8-7(4-9-5-7)6-2-1-3-10-6/h1-3,9H,4-5H2. The Morgan fingerprint density at radius 2 is 2.40 bits per heavy atom. The van der Waals surface area contributed by atoms with E-state index in [1.54, 1.807) is 0 Å². The van der Waals surface area contributed by atoms with Gasteiger partial charge in [-0.3, -0.25) is 0 Å². The van der Waals surface area contributed by atoms with Crippen molar-refractivity contribution in [1.82, 2.24) is 5.32 Å². The maximum Gasteiger partial charge on any atom is 0.169 e. The number of alkyl halides is 1. The fourth-order valence-electron chi connectivity index (χ4n) is 1.05. The number of hydrogen-bond donors (Lipinski definition) is 1. The van der Waals surface area contributed by atoms with E-state index < -0.39 is 5.67 Å². The highest BCUT2D eigenvalue weighted by atomic mass is 32.1. The van der Waals surface area contributed by atoms with E-state index in [2.05, 4.69) is 5.32 Å². The van der Waals surface area contributed by atoms with Crippen molar-refractivity contribution < 1.29 is 4.39 Å². The van der Waals surface area contributed by atoms with Crippen LogP contribution in [0.1, 0.15) is 4.88 Å². The average Bonchev–Trinajstić information content (AvgIpc) is 2.33. The van der Waals surface area contributed by atoms with E-state index in [0.717, 1.165) is 4.88 Å². The lowest BCUT2D eigenvalue weighted by atomic mass is 9.98. The van der Waals surface area contributed by atoms with Crippen molar-refractivity contribution >= 4 is 11.3 Å². The Hall–Kier alpha value is -0.410. The molecular formula is C7H8FNS. The lowest BCUT2D eigenvalue weighted by Gasteiger charge is -2.33. The molecule has 0 aliphatic carbocycles. The summed E-state index contributed by atoms with van der Waals surface area (Å²) in [5.41, 5.74) is -1.05. The molecule has 0 saturated carbocycles. The summed E-state index contributed by atoms with van der Waals surface area (Å²) in [6, 6.07) is 3.74. The second kappa shape index (κ2) is 2.04. The summed E-state index contributed by atoms with van der Waals surface area (Å²) >= 11 is 1.49. The summed E-state index contributed by atoms with van der Waals surface area (Å²) in [7, 11) is 0. The van der Waals surface area contributed by atoms with Gasteiger partial charge < -0.3 is 5.32 Å². The Morgan fingerprint density at radius 1 is 1.60 bits per heavy atom. The first-order valence-electron chi connectivity index (χ1n) is 3.25. The Morgan fingerprint density at radius 3 is 2.80 bits per heavy atom. The lowest BCUT2D eigenvalue weighted by Crippen LogP contribution is -2.53. The second-order valence-corrected chi connectivity index (χ2v) is 3.49. The van der Waals surface area contributed by atoms with E-state index in [-0.39, 0.29) is 0 Å². The molecule has 0 spiro atoms. The van der Waals surface area contributed by atoms with Crippen LogP contribution in [0, 0.1) is 0 Å². The third-order valence-corrected chi connectivity index (χ3v) is 2.82. The first-order chi connectivity index (χ1) is 4.81. The highest BCUT2D eigenvalue weighted by Gasteiger charge is 2.39. The quantitative estimate of drug-likeness (QED) is 0.651. The molecule has 1 saturated heterocycles. The number of hydrogen-bond acceptors (Lipinski definition) is 2. The Kier molecular flexibility index (Phi) is 1.28. The minimum atomic E-state index is -1.05. The Bertz CT molecular complexity index is 216. The molecule has 1 aliphatic rings. The number of thiophene rings is 1. The molecule has 1 fully saturated rings. The first kappa shape index (κ1) is 6.31. The van der Waals surface area contributed by atoms with Crippen LogP contribution in [0.3, 0.4) is 0 Å². The average molecular weight is 157 g/mol. The molecule has 3 heteroatoms. The molecular weight excluding hydrogens is 149 g/mol. The summed E-state index contributed by atoms with van der Waals surface area (Å²) < 4.78 is 13.4. The van der Waals surface area contributed by atoms with E-state index in [1.807, 2.05) is 17.5 Å². The van der Waals surface area contributed by atoms with Gasteiger partial charge in [0.05, 0.1) is 0 Å². The predicted octanol–water partition coefficient (Wildman–Crippen LogP) is 1.52. The smallest absolute Gasteiger partial charge is 0.169 e. The highest BCUT2D eigenvalue weighted by molar-refractivity contribution is 7.10. The molecule has 0 bridgehead atoms. The van der Waals surface area contributed by atoms with Crippen molar-refractivity contribution in [3.8, 4) is 0 Å². The van der Waals surface area contributed by atoms with Crippen LogP contribution in [0.5, 0.6) is 0 Å². The summed E-state index contributed by atoms with van der Waals surface area (Å²) in [6.45, 7) is 0.959. The van der Waals surface area contributed by atoms with Gasteiger partial charge in [0.2, 0.25) is 0 Å². The number of nitrogens with one attached hydrogen (secondary N) is 1. The maximum atomic E-state index is 13.4. The molecule has 0 aromatic carbocycles. The Balaban J connectivity index is 2.27. The molecule has 2 heterocycles. The molecule has 1 nitrogen and oxygen atoms in total. The molecule has 54 valence electrons. The Labute approximate surface area is 62.9 Å². The van der Waals surface area contributed by atoms with E-state index in [1.165, 1.54) is 11.3 Å². The monoisotopic (exact) mass is 157 g/mol. The van der Waals surface area contributed by atoms with Crippen molar-refractivity contribution in [2.75, 3.05) is 13.1 Å². The van der Waals surface area contributed by atoms with Gasteiger partial charge in [0, 0.05) is 18.0 Å². The van der Waals surface area contributed by atoms with Gasteiger partial charge in [-0.05, 0) is 11.4 Å². The van der Waals surface area contributed by atoms with Crippen LogP contribution in [-0.2, 0) is 5.67 Å². The molecule has 10 heavy (non-hydrogen) atoms. The largest absolute Gasteiger partial charge is 0.309 e. The summed E-state index contributed by atoms with van der Waals surface area (Å²) in [5.74, 6) is 0. The lowest BCUT2D eigenvalue weighted by molar-refractivity contribution is 0.0934. The molecule has 0 atom stereocenters. The van der Waals surface area contributed by atoms with Gasteiger partial charge >= 0.3 is 0 Å². The minimum absolute atomic E-state index is 0.480. The third kappa shape index (κ3) is 0.777. The molecule has 2 rings (SSSR count). The number of rotatable bonds is 1. The van der Waals surface area contributed by atoms with Gasteiger partial charge in [0.1, 0.15) is 0 Å². The van der Waals surface area contributed by atoms with Crippen molar-refractivity contribution in [3.63, 3.8) is 0 Å². The van der Waals surface area contributed by atoms with Crippen LogP contribution in [-0.4, -0.2) is 13.1 Å². The van der Waals surface area contributed by atoms with E-state index in [0.29, 0.717) is 13.1 Å². The van der Waals surface area contributed by atoms with Gasteiger partial charge in [0.25, 0.3) is 0 Å². The van der Waals surface area contributed by atoms with Gasteiger partial charge in [-0.25, -0.2) is 4.39 Å². The van der Waals surface area contributed by atoms with Gasteiger partial charge in [-0.15, -0.1) is 11.3 Å². The highest BCUT2D eigenvalue weighted by Crippen LogP contribution is 2.32. The zero-order valence-electron chi connectivity index (χ0n) is 5.43. The molecule has 0 unspecified atom stereocenters. The maximum absolute atomic E-state index is 13.4. The van der Waals surface area contributed by atoms with E-state index in [9.17, 15) is 4.39 Å². The van der Waals surface area contributed by atoms with Crippen molar-refractivity contribution in [2.45, 2.75) is 5.67 Å². The van der Waals surface area contributed by atoms with Crippen molar-refractivity contribution in [1.29, 1.82) is 0 Å². The predicted molar refractivity (Wildman–Crippen MR) is 40.0 cm³/mol. The summed E-state index contributed by atoms with van der Waals surface area (Å²) in [6.07, 6.45) is 0. The summed E-state index contributed by atoms with van der Waals surface area (Å²) in [5, 5.41) is 4.83. The molecule has 1 aliphatic heterocycles. The van der Waals surface area contributed by atoms with Crippen LogP contribution in [0.25, 0.3) is 0 Å². The molecule has 0 amide bonds. The van der Waals surface area contributed by atoms with Crippen molar-refractivity contribution in [3.05, 3.63) is 22.4 Å².